The summed E-state index contributed by atoms with van der Waals surface area (Å²) in [6.07, 6.45) is 3.14. The molecular weight excluding hydrogens is 272 g/mol. The number of aliphatic carboxylic acids is 1. The van der Waals surface area contributed by atoms with E-state index in [2.05, 4.69) is 15.4 Å². The molecule has 0 spiro atoms. The van der Waals surface area contributed by atoms with E-state index < -0.39 is 17.9 Å². The van der Waals surface area contributed by atoms with Gasteiger partial charge in [-0.15, -0.1) is 0 Å². The van der Waals surface area contributed by atoms with Crippen molar-refractivity contribution in [3.63, 3.8) is 0 Å². The number of hydrogen-bond donors (Lipinski definition) is 2. The molecule has 1 unspecified atom stereocenters. The zero-order chi connectivity index (χ0) is 15.1. The highest BCUT2D eigenvalue weighted by atomic mass is 16.4. The van der Waals surface area contributed by atoms with Crippen LogP contribution in [0.3, 0.4) is 0 Å². The average molecular weight is 288 g/mol. The van der Waals surface area contributed by atoms with Crippen molar-refractivity contribution in [2.45, 2.75) is 25.8 Å². The van der Waals surface area contributed by atoms with Crippen LogP contribution in [-0.4, -0.2) is 37.8 Å². The number of carboxylic acid groups (broad SMARTS) is 1. The van der Waals surface area contributed by atoms with Crippen molar-refractivity contribution in [3.8, 4) is 0 Å². The summed E-state index contributed by atoms with van der Waals surface area (Å²) in [6, 6.07) is 0.884. The van der Waals surface area contributed by atoms with E-state index in [-0.39, 0.29) is 5.92 Å². The van der Waals surface area contributed by atoms with Crippen molar-refractivity contribution in [3.05, 3.63) is 23.5 Å². The minimum Gasteiger partial charge on any atom is -0.480 e. The maximum Gasteiger partial charge on any atom is 0.326 e. The Morgan fingerprint density at radius 1 is 1.48 bits per heavy atom. The highest BCUT2D eigenvalue weighted by Gasteiger charge is 2.37. The fourth-order valence-electron chi connectivity index (χ4n) is 2.47. The van der Waals surface area contributed by atoms with Crippen LogP contribution in [0.1, 0.15) is 28.9 Å². The van der Waals surface area contributed by atoms with Gasteiger partial charge in [0.1, 0.15) is 6.04 Å². The number of aryl methyl sites for hydroxylation is 2. The van der Waals surface area contributed by atoms with Gasteiger partial charge in [0, 0.05) is 18.6 Å². The molecule has 1 fully saturated rings. The molecule has 2 aromatic rings. The highest BCUT2D eigenvalue weighted by molar-refractivity contribution is 5.99. The van der Waals surface area contributed by atoms with E-state index in [4.69, 9.17) is 5.11 Å². The summed E-state index contributed by atoms with van der Waals surface area (Å²) in [5.41, 5.74) is 1.83. The van der Waals surface area contributed by atoms with Crippen molar-refractivity contribution in [1.82, 2.24) is 20.1 Å². The Balaban J connectivity index is 1.87. The fraction of sp³-hybridized carbons (Fsp3) is 0.429. The number of hydrogen-bond acceptors (Lipinski definition) is 4. The molecule has 2 N–H and O–H groups in total. The third-order valence-electron chi connectivity index (χ3n) is 3.77. The molecule has 7 nitrogen and oxygen atoms in total. The molecule has 1 amide bonds. The third kappa shape index (κ3) is 2.46. The molecular formula is C14H16N4O3. The van der Waals surface area contributed by atoms with E-state index in [1.165, 1.54) is 6.20 Å². The van der Waals surface area contributed by atoms with Gasteiger partial charge in [-0.2, -0.15) is 5.10 Å². The number of carbonyl (C=O) groups is 2. The Morgan fingerprint density at radius 3 is 2.81 bits per heavy atom. The van der Waals surface area contributed by atoms with Crippen LogP contribution < -0.4 is 5.32 Å². The lowest BCUT2D eigenvalue weighted by molar-refractivity contribution is -0.139. The van der Waals surface area contributed by atoms with Crippen LogP contribution in [0.4, 0.5) is 0 Å². The number of pyridine rings is 1. The molecule has 0 saturated heterocycles. The summed E-state index contributed by atoms with van der Waals surface area (Å²) >= 11 is 0. The maximum atomic E-state index is 12.2. The molecule has 1 aliphatic rings. The molecule has 0 aromatic carbocycles. The topological polar surface area (TPSA) is 97.1 Å². The first-order valence-electron chi connectivity index (χ1n) is 6.80. The van der Waals surface area contributed by atoms with Crippen molar-refractivity contribution in [2.24, 2.45) is 13.0 Å². The second kappa shape index (κ2) is 4.83. The lowest BCUT2D eigenvalue weighted by atomic mass is 10.1. The molecule has 1 atom stereocenters. The van der Waals surface area contributed by atoms with Gasteiger partial charge in [0.25, 0.3) is 5.91 Å². The second-order valence-corrected chi connectivity index (χ2v) is 5.43. The summed E-state index contributed by atoms with van der Waals surface area (Å²) in [4.78, 5) is 27.6. The second-order valence-electron chi connectivity index (χ2n) is 5.43. The lowest BCUT2D eigenvalue weighted by Gasteiger charge is -2.13. The molecule has 0 radical (unpaired) electrons. The number of rotatable bonds is 4. The highest BCUT2D eigenvalue weighted by Crippen LogP contribution is 2.32. The molecule has 2 heterocycles. The minimum atomic E-state index is -0.988. The molecule has 1 aliphatic carbocycles. The first-order valence-corrected chi connectivity index (χ1v) is 6.80. The van der Waals surface area contributed by atoms with Crippen LogP contribution in [0.2, 0.25) is 0 Å². The number of nitrogens with zero attached hydrogens (tertiary/aromatic N) is 3. The molecule has 7 heteroatoms. The van der Waals surface area contributed by atoms with Gasteiger partial charge in [0.15, 0.2) is 5.65 Å². The first kappa shape index (κ1) is 13.5. The van der Waals surface area contributed by atoms with E-state index in [0.717, 1.165) is 23.9 Å². The van der Waals surface area contributed by atoms with Gasteiger partial charge in [-0.25, -0.2) is 9.78 Å². The van der Waals surface area contributed by atoms with E-state index in [1.807, 2.05) is 6.92 Å². The van der Waals surface area contributed by atoms with Gasteiger partial charge in [-0.3, -0.25) is 9.48 Å². The smallest absolute Gasteiger partial charge is 0.326 e. The van der Waals surface area contributed by atoms with Gasteiger partial charge < -0.3 is 10.4 Å². The molecule has 0 aliphatic heterocycles. The number of fused-ring (bicyclic) bond motifs is 1. The van der Waals surface area contributed by atoms with Gasteiger partial charge in [0.2, 0.25) is 0 Å². The number of carbonyl (C=O) groups excluding carboxylic acids is 1. The van der Waals surface area contributed by atoms with Crippen molar-refractivity contribution in [2.75, 3.05) is 0 Å². The molecule has 3 rings (SSSR count). The Kier molecular flexibility index (Phi) is 3.12. The predicted octanol–water partition coefficient (Wildman–Crippen LogP) is 0.870. The van der Waals surface area contributed by atoms with E-state index in [0.29, 0.717) is 11.2 Å². The van der Waals surface area contributed by atoms with Gasteiger partial charge in [-0.1, -0.05) is 0 Å². The van der Waals surface area contributed by atoms with Crippen molar-refractivity contribution < 1.29 is 14.7 Å². The monoisotopic (exact) mass is 288 g/mol. The minimum absolute atomic E-state index is 0.0447. The number of aromatic nitrogens is 3. The van der Waals surface area contributed by atoms with Crippen LogP contribution >= 0.6 is 0 Å². The van der Waals surface area contributed by atoms with Gasteiger partial charge >= 0.3 is 5.97 Å². The van der Waals surface area contributed by atoms with E-state index in [1.54, 1.807) is 17.8 Å². The van der Waals surface area contributed by atoms with Gasteiger partial charge in [-0.05, 0) is 31.7 Å². The lowest BCUT2D eigenvalue weighted by Crippen LogP contribution is -2.42. The van der Waals surface area contributed by atoms with Crippen molar-refractivity contribution in [1.29, 1.82) is 0 Å². The summed E-state index contributed by atoms with van der Waals surface area (Å²) in [7, 11) is 1.79. The maximum absolute atomic E-state index is 12.2. The molecule has 110 valence electrons. The molecule has 21 heavy (non-hydrogen) atoms. The number of amides is 1. The van der Waals surface area contributed by atoms with Crippen LogP contribution in [0, 0.1) is 12.8 Å². The Labute approximate surface area is 121 Å². The zero-order valence-electron chi connectivity index (χ0n) is 11.8. The summed E-state index contributed by atoms with van der Waals surface area (Å²) in [6.45, 7) is 1.84. The molecule has 1 saturated carbocycles. The van der Waals surface area contributed by atoms with E-state index in [9.17, 15) is 9.59 Å². The average Bonchev–Trinajstić information content (AvgIpc) is 3.23. The van der Waals surface area contributed by atoms with Crippen LogP contribution in [0.5, 0.6) is 0 Å². The largest absolute Gasteiger partial charge is 0.480 e. The predicted molar refractivity (Wildman–Crippen MR) is 74.9 cm³/mol. The molecule has 2 aromatic heterocycles. The quantitative estimate of drug-likeness (QED) is 0.870. The summed E-state index contributed by atoms with van der Waals surface area (Å²) in [5, 5.41) is 16.8. The normalized spacial score (nSPS) is 15.9. The third-order valence-corrected chi connectivity index (χ3v) is 3.77. The zero-order valence-corrected chi connectivity index (χ0v) is 11.8. The standard InChI is InChI=1S/C14H16N4O3/c1-7-10-5-9(6-15-12(10)18(2)17-7)13(19)16-11(14(20)21)8-3-4-8/h5-6,8,11H,3-4H2,1-2H3,(H,16,19)(H,20,21). The van der Waals surface area contributed by atoms with E-state index >= 15 is 0 Å². The van der Waals surface area contributed by atoms with Crippen LogP contribution in [0.25, 0.3) is 11.0 Å². The van der Waals surface area contributed by atoms with Crippen LogP contribution in [0.15, 0.2) is 12.3 Å². The first-order chi connectivity index (χ1) is 9.97. The summed E-state index contributed by atoms with van der Waals surface area (Å²) < 4.78 is 1.65. The van der Waals surface area contributed by atoms with Crippen LogP contribution in [-0.2, 0) is 11.8 Å². The Morgan fingerprint density at radius 2 is 2.19 bits per heavy atom. The Hall–Kier alpha value is -2.44. The number of nitrogens with one attached hydrogen (secondary N) is 1. The molecule has 0 bridgehead atoms. The number of carboxylic acids is 1. The SMILES string of the molecule is Cc1nn(C)c2ncc(C(=O)NC(C(=O)O)C3CC3)cc12. The summed E-state index contributed by atoms with van der Waals surface area (Å²) in [5.74, 6) is -1.35. The van der Waals surface area contributed by atoms with Gasteiger partial charge in [0.05, 0.1) is 11.3 Å². The Bertz CT molecular complexity index is 733. The fourth-order valence-corrected chi connectivity index (χ4v) is 2.47. The van der Waals surface area contributed by atoms with Crippen molar-refractivity contribution >= 4 is 22.9 Å².